The second kappa shape index (κ2) is 4.73. The van der Waals surface area contributed by atoms with Crippen molar-refractivity contribution in [2.24, 2.45) is 0 Å². The molecule has 1 heterocycles. The Morgan fingerprint density at radius 1 is 1.39 bits per heavy atom. The van der Waals surface area contributed by atoms with Gasteiger partial charge in [-0.2, -0.15) is 0 Å². The van der Waals surface area contributed by atoms with Gasteiger partial charge < -0.3 is 9.73 Å². The number of aromatic nitrogens is 1. The molecule has 0 radical (unpaired) electrons. The molecule has 18 heavy (non-hydrogen) atoms. The largest absolute Gasteiger partial charge is 0.440 e. The van der Waals surface area contributed by atoms with E-state index >= 15 is 0 Å². The predicted octanol–water partition coefficient (Wildman–Crippen LogP) is 3.25. The van der Waals surface area contributed by atoms with Crippen molar-refractivity contribution in [3.05, 3.63) is 29.7 Å². The van der Waals surface area contributed by atoms with Gasteiger partial charge in [0.2, 0.25) is 0 Å². The summed E-state index contributed by atoms with van der Waals surface area (Å²) in [5.74, 6) is 1.18. The molecule has 0 spiro atoms. The van der Waals surface area contributed by atoms with E-state index < -0.39 is 0 Å². The minimum absolute atomic E-state index is 0.345. The predicted molar refractivity (Wildman–Crippen MR) is 72.8 cm³/mol. The molecule has 0 bridgehead atoms. The minimum Gasteiger partial charge on any atom is -0.440 e. The Labute approximate surface area is 108 Å². The van der Waals surface area contributed by atoms with Crippen LogP contribution < -0.4 is 5.32 Å². The lowest BCUT2D eigenvalue weighted by Crippen LogP contribution is -2.19. The van der Waals surface area contributed by atoms with Crippen LogP contribution in [0.5, 0.6) is 0 Å². The Kier molecular flexibility index (Phi) is 3.08. The molecule has 2 aromatic rings. The molecule has 3 rings (SSSR count). The van der Waals surface area contributed by atoms with Gasteiger partial charge in [-0.05, 0) is 43.5 Å². The van der Waals surface area contributed by atoms with Gasteiger partial charge in [-0.15, -0.1) is 0 Å². The molecule has 96 valence electrons. The van der Waals surface area contributed by atoms with E-state index in [1.165, 1.54) is 18.4 Å². The molecule has 3 nitrogen and oxygen atoms in total. The zero-order valence-corrected chi connectivity index (χ0v) is 11.1. The van der Waals surface area contributed by atoms with Crippen molar-refractivity contribution >= 4 is 11.1 Å². The van der Waals surface area contributed by atoms with Crippen molar-refractivity contribution in [2.45, 2.75) is 45.1 Å². The molecule has 1 saturated carbocycles. The summed E-state index contributed by atoms with van der Waals surface area (Å²) in [7, 11) is 0. The molecule has 1 aromatic carbocycles. The highest BCUT2D eigenvalue weighted by Gasteiger charge is 2.19. The van der Waals surface area contributed by atoms with E-state index in [4.69, 9.17) is 4.42 Å². The molecule has 0 saturated heterocycles. The Hall–Kier alpha value is -1.35. The van der Waals surface area contributed by atoms with Gasteiger partial charge in [-0.1, -0.05) is 19.9 Å². The molecule has 0 amide bonds. The molecule has 0 unspecified atom stereocenters. The maximum atomic E-state index is 5.78. The van der Waals surface area contributed by atoms with E-state index in [1.807, 2.05) is 0 Å². The Balaban J connectivity index is 1.72. The Morgan fingerprint density at radius 2 is 2.22 bits per heavy atom. The molecular weight excluding hydrogens is 224 g/mol. The average Bonchev–Trinajstić information content (AvgIpc) is 3.06. The second-order valence-corrected chi connectivity index (χ2v) is 5.49. The third kappa shape index (κ3) is 2.56. The van der Waals surface area contributed by atoms with Crippen LogP contribution in [-0.2, 0) is 6.42 Å². The van der Waals surface area contributed by atoms with Crippen molar-refractivity contribution in [1.82, 2.24) is 10.3 Å². The van der Waals surface area contributed by atoms with Gasteiger partial charge in [-0.3, -0.25) is 0 Å². The minimum atomic E-state index is 0.345. The molecule has 0 atom stereocenters. The van der Waals surface area contributed by atoms with E-state index in [2.05, 4.69) is 42.3 Å². The fourth-order valence-corrected chi connectivity index (χ4v) is 2.10. The van der Waals surface area contributed by atoms with E-state index in [-0.39, 0.29) is 0 Å². The van der Waals surface area contributed by atoms with E-state index in [9.17, 15) is 0 Å². The van der Waals surface area contributed by atoms with Crippen LogP contribution in [0.3, 0.4) is 0 Å². The first-order valence-electron chi connectivity index (χ1n) is 6.85. The summed E-state index contributed by atoms with van der Waals surface area (Å²) in [4.78, 5) is 4.49. The lowest BCUT2D eigenvalue weighted by Gasteiger charge is -2.02. The zero-order valence-electron chi connectivity index (χ0n) is 11.1. The second-order valence-electron chi connectivity index (χ2n) is 5.49. The monoisotopic (exact) mass is 244 g/mol. The molecule has 3 heteroatoms. The number of fused-ring (bicyclic) bond motifs is 1. The smallest absolute Gasteiger partial charge is 0.198 e. The summed E-state index contributed by atoms with van der Waals surface area (Å²) in [5, 5.41) is 3.53. The maximum absolute atomic E-state index is 5.78. The molecule has 1 N–H and O–H groups in total. The fraction of sp³-hybridized carbons (Fsp3) is 0.533. The van der Waals surface area contributed by atoms with E-state index in [0.717, 1.165) is 36.0 Å². The van der Waals surface area contributed by atoms with Gasteiger partial charge in [-0.25, -0.2) is 4.98 Å². The van der Waals surface area contributed by atoms with Gasteiger partial charge in [0.25, 0.3) is 0 Å². The van der Waals surface area contributed by atoms with Crippen molar-refractivity contribution in [1.29, 1.82) is 0 Å². The van der Waals surface area contributed by atoms with Crippen LogP contribution in [0, 0.1) is 0 Å². The van der Waals surface area contributed by atoms with Crippen molar-refractivity contribution < 1.29 is 4.42 Å². The highest BCUT2D eigenvalue weighted by molar-refractivity contribution is 5.73. The number of benzene rings is 1. The molecule has 1 aromatic heterocycles. The number of oxazole rings is 1. The molecule has 1 aliphatic rings. The first-order valence-corrected chi connectivity index (χ1v) is 6.85. The van der Waals surface area contributed by atoms with Gasteiger partial charge in [0.05, 0.1) is 0 Å². The van der Waals surface area contributed by atoms with Crippen LogP contribution >= 0.6 is 0 Å². The zero-order chi connectivity index (χ0) is 12.5. The van der Waals surface area contributed by atoms with E-state index in [0.29, 0.717) is 5.92 Å². The van der Waals surface area contributed by atoms with Crippen LogP contribution in [0.25, 0.3) is 11.1 Å². The van der Waals surface area contributed by atoms with Crippen molar-refractivity contribution in [3.63, 3.8) is 0 Å². The maximum Gasteiger partial charge on any atom is 0.198 e. The summed E-state index contributed by atoms with van der Waals surface area (Å²) in [6.45, 7) is 5.26. The summed E-state index contributed by atoms with van der Waals surface area (Å²) < 4.78 is 5.78. The van der Waals surface area contributed by atoms with Gasteiger partial charge in [0, 0.05) is 12.0 Å². The highest BCUT2D eigenvalue weighted by atomic mass is 16.3. The summed E-state index contributed by atoms with van der Waals surface area (Å²) >= 11 is 0. The average molecular weight is 244 g/mol. The Bertz CT molecular complexity index is 540. The SMILES string of the molecule is CC(C)c1nc2ccc(CCNC3CC3)cc2o1. The number of nitrogens with one attached hydrogen (secondary N) is 1. The number of hydrogen-bond donors (Lipinski definition) is 1. The van der Waals surface area contributed by atoms with Crippen LogP contribution in [0.15, 0.2) is 22.6 Å². The summed E-state index contributed by atoms with van der Waals surface area (Å²) in [5.41, 5.74) is 3.21. The summed E-state index contributed by atoms with van der Waals surface area (Å²) in [6.07, 6.45) is 3.75. The fourth-order valence-electron chi connectivity index (χ4n) is 2.10. The molecule has 1 aliphatic carbocycles. The van der Waals surface area contributed by atoms with Gasteiger partial charge in [0.15, 0.2) is 11.5 Å². The lowest BCUT2D eigenvalue weighted by atomic mass is 10.1. The van der Waals surface area contributed by atoms with Gasteiger partial charge in [0.1, 0.15) is 5.52 Å². The first kappa shape index (κ1) is 11.7. The van der Waals surface area contributed by atoms with E-state index in [1.54, 1.807) is 0 Å². The van der Waals surface area contributed by atoms with Crippen LogP contribution in [0.2, 0.25) is 0 Å². The summed E-state index contributed by atoms with van der Waals surface area (Å²) in [6, 6.07) is 7.13. The van der Waals surface area contributed by atoms with Crippen molar-refractivity contribution in [3.8, 4) is 0 Å². The number of rotatable bonds is 5. The number of nitrogens with zero attached hydrogens (tertiary/aromatic N) is 1. The van der Waals surface area contributed by atoms with Gasteiger partial charge >= 0.3 is 0 Å². The van der Waals surface area contributed by atoms with Crippen molar-refractivity contribution in [2.75, 3.05) is 6.54 Å². The Morgan fingerprint density at radius 3 is 2.94 bits per heavy atom. The standard InChI is InChI=1S/C15H20N2O/c1-10(2)15-17-13-6-3-11(9-14(13)18-15)7-8-16-12-4-5-12/h3,6,9-10,12,16H,4-5,7-8H2,1-2H3. The van der Waals surface area contributed by atoms with Crippen LogP contribution in [-0.4, -0.2) is 17.6 Å². The molecular formula is C15H20N2O. The first-order chi connectivity index (χ1) is 8.72. The lowest BCUT2D eigenvalue weighted by molar-refractivity contribution is 0.501. The topological polar surface area (TPSA) is 38.1 Å². The molecule has 0 aliphatic heterocycles. The van der Waals surface area contributed by atoms with Crippen LogP contribution in [0.1, 0.15) is 44.1 Å². The highest BCUT2D eigenvalue weighted by Crippen LogP contribution is 2.22. The quantitative estimate of drug-likeness (QED) is 0.877. The number of hydrogen-bond acceptors (Lipinski definition) is 3. The normalized spacial score (nSPS) is 15.7. The molecule has 1 fully saturated rings. The third-order valence-electron chi connectivity index (χ3n) is 3.39. The van der Waals surface area contributed by atoms with Crippen LogP contribution in [0.4, 0.5) is 0 Å². The third-order valence-corrected chi connectivity index (χ3v) is 3.39.